The lowest BCUT2D eigenvalue weighted by molar-refractivity contribution is 0.479. The molecule has 6 heteroatoms. The van der Waals surface area contributed by atoms with E-state index in [1.807, 2.05) is 13.8 Å². The maximum atomic E-state index is 12.0. The second kappa shape index (κ2) is 6.47. The molecule has 0 amide bonds. The van der Waals surface area contributed by atoms with E-state index in [9.17, 15) is 8.42 Å². The van der Waals surface area contributed by atoms with Crippen molar-refractivity contribution in [1.82, 2.24) is 9.71 Å². The van der Waals surface area contributed by atoms with E-state index in [4.69, 9.17) is 5.26 Å². The molecule has 0 saturated carbocycles. The van der Waals surface area contributed by atoms with E-state index in [-0.39, 0.29) is 10.6 Å². The summed E-state index contributed by atoms with van der Waals surface area (Å²) in [7, 11) is -3.65. The predicted octanol–water partition coefficient (Wildman–Crippen LogP) is 1.67. The monoisotopic (exact) mass is 267 g/mol. The molecule has 0 aliphatic carbocycles. The highest BCUT2D eigenvalue weighted by atomic mass is 32.2. The predicted molar refractivity (Wildman–Crippen MR) is 68.2 cm³/mol. The van der Waals surface area contributed by atoms with Crippen molar-refractivity contribution in [2.75, 3.05) is 6.54 Å². The summed E-state index contributed by atoms with van der Waals surface area (Å²) in [6.07, 6.45) is 3.23. The molecule has 0 fully saturated rings. The van der Waals surface area contributed by atoms with Gasteiger partial charge in [0.1, 0.15) is 11.0 Å². The van der Waals surface area contributed by atoms with Gasteiger partial charge < -0.3 is 0 Å². The van der Waals surface area contributed by atoms with E-state index in [1.165, 1.54) is 18.3 Å². The zero-order valence-electron chi connectivity index (χ0n) is 10.5. The molecule has 1 rings (SSSR count). The van der Waals surface area contributed by atoms with Gasteiger partial charge in [0, 0.05) is 12.7 Å². The van der Waals surface area contributed by atoms with Crippen molar-refractivity contribution in [2.45, 2.75) is 31.6 Å². The summed E-state index contributed by atoms with van der Waals surface area (Å²) in [6.45, 7) is 4.43. The van der Waals surface area contributed by atoms with Gasteiger partial charge in [0.25, 0.3) is 0 Å². The van der Waals surface area contributed by atoms with Crippen LogP contribution in [0.2, 0.25) is 0 Å². The van der Waals surface area contributed by atoms with Crippen LogP contribution in [0.1, 0.15) is 32.4 Å². The summed E-state index contributed by atoms with van der Waals surface area (Å²) in [4.78, 5) is 3.69. The molecule has 0 spiro atoms. The van der Waals surface area contributed by atoms with Crippen LogP contribution in [-0.4, -0.2) is 19.9 Å². The van der Waals surface area contributed by atoms with Gasteiger partial charge in [0.05, 0.1) is 0 Å². The van der Waals surface area contributed by atoms with Gasteiger partial charge in [-0.2, -0.15) is 5.26 Å². The molecule has 1 N–H and O–H groups in total. The first-order valence-corrected chi connectivity index (χ1v) is 7.38. The maximum absolute atomic E-state index is 12.0. The molecule has 0 radical (unpaired) electrons. The van der Waals surface area contributed by atoms with Crippen molar-refractivity contribution < 1.29 is 8.42 Å². The van der Waals surface area contributed by atoms with Crippen LogP contribution in [0.3, 0.4) is 0 Å². The second-order valence-electron chi connectivity index (χ2n) is 4.00. The molecule has 0 aliphatic heterocycles. The Morgan fingerprint density at radius 1 is 1.44 bits per heavy atom. The van der Waals surface area contributed by atoms with Gasteiger partial charge in [-0.3, -0.25) is 0 Å². The second-order valence-corrected chi connectivity index (χ2v) is 5.73. The highest BCUT2D eigenvalue weighted by molar-refractivity contribution is 7.89. The van der Waals surface area contributed by atoms with Crippen LogP contribution in [0.5, 0.6) is 0 Å². The summed E-state index contributed by atoms with van der Waals surface area (Å²) in [5.74, 6) is 0.307. The minimum absolute atomic E-state index is 0.0570. The Balaban J connectivity index is 2.91. The van der Waals surface area contributed by atoms with Gasteiger partial charge in [0.15, 0.2) is 5.69 Å². The van der Waals surface area contributed by atoms with Gasteiger partial charge in [0.2, 0.25) is 10.0 Å². The minimum atomic E-state index is -3.65. The quantitative estimate of drug-likeness (QED) is 0.849. The molecule has 98 valence electrons. The number of rotatable bonds is 6. The van der Waals surface area contributed by atoms with Crippen molar-refractivity contribution in [3.8, 4) is 6.07 Å². The van der Waals surface area contributed by atoms with E-state index in [2.05, 4.69) is 9.71 Å². The Labute approximate surface area is 108 Å². The molecule has 5 nitrogen and oxygen atoms in total. The number of hydrogen-bond donors (Lipinski definition) is 1. The zero-order chi connectivity index (χ0) is 13.6. The van der Waals surface area contributed by atoms with E-state index < -0.39 is 10.0 Å². The fourth-order valence-corrected chi connectivity index (χ4v) is 2.80. The van der Waals surface area contributed by atoms with Crippen LogP contribution in [0, 0.1) is 17.2 Å². The Hall–Kier alpha value is -1.45. The molecule has 0 aromatic carbocycles. The lowest BCUT2D eigenvalue weighted by Gasteiger charge is -2.13. The van der Waals surface area contributed by atoms with Gasteiger partial charge >= 0.3 is 0 Å². The lowest BCUT2D eigenvalue weighted by atomic mass is 10.0. The van der Waals surface area contributed by atoms with Crippen LogP contribution >= 0.6 is 0 Å². The molecule has 0 bridgehead atoms. The highest BCUT2D eigenvalue weighted by Gasteiger charge is 2.19. The van der Waals surface area contributed by atoms with Crippen LogP contribution in [0.4, 0.5) is 0 Å². The molecule has 0 atom stereocenters. The topological polar surface area (TPSA) is 82.8 Å². The number of nitrogens with one attached hydrogen (secondary N) is 1. The number of nitriles is 1. The summed E-state index contributed by atoms with van der Waals surface area (Å²) >= 11 is 0. The first kappa shape index (κ1) is 14.6. The lowest BCUT2D eigenvalue weighted by Crippen LogP contribution is -2.29. The van der Waals surface area contributed by atoms with Gasteiger partial charge in [-0.05, 0) is 18.1 Å². The van der Waals surface area contributed by atoms with E-state index in [0.717, 1.165) is 12.8 Å². The third kappa shape index (κ3) is 3.52. The first-order chi connectivity index (χ1) is 8.55. The average Bonchev–Trinajstić information content (AvgIpc) is 2.39. The Morgan fingerprint density at radius 3 is 2.67 bits per heavy atom. The Kier molecular flexibility index (Phi) is 5.25. The molecule has 18 heavy (non-hydrogen) atoms. The SMILES string of the molecule is CCC(CC)CNS(=O)(=O)c1cccnc1C#N. The van der Waals surface area contributed by atoms with Crippen molar-refractivity contribution in [3.05, 3.63) is 24.0 Å². The summed E-state index contributed by atoms with van der Waals surface area (Å²) in [5, 5.41) is 8.85. The number of pyridine rings is 1. The molecule has 1 heterocycles. The average molecular weight is 267 g/mol. The zero-order valence-corrected chi connectivity index (χ0v) is 11.4. The molecule has 1 aromatic rings. The van der Waals surface area contributed by atoms with Crippen LogP contribution in [-0.2, 0) is 10.0 Å². The highest BCUT2D eigenvalue weighted by Crippen LogP contribution is 2.13. The fraction of sp³-hybridized carbons (Fsp3) is 0.500. The third-order valence-electron chi connectivity index (χ3n) is 2.88. The largest absolute Gasteiger partial charge is 0.244 e. The normalized spacial score (nSPS) is 11.4. The Morgan fingerprint density at radius 2 is 2.11 bits per heavy atom. The van der Waals surface area contributed by atoms with E-state index >= 15 is 0 Å². The summed E-state index contributed by atoms with van der Waals surface area (Å²) < 4.78 is 26.6. The number of aromatic nitrogens is 1. The smallest absolute Gasteiger partial charge is 0.243 e. The standard InChI is InChI=1S/C12H17N3O2S/c1-3-10(4-2)9-15-18(16,17)12-6-5-7-14-11(12)8-13/h5-7,10,15H,3-4,9H2,1-2H3. The van der Waals surface area contributed by atoms with Gasteiger partial charge in [-0.25, -0.2) is 18.1 Å². The Bertz CT molecular complexity index is 530. The fourth-order valence-electron chi connectivity index (χ4n) is 1.57. The van der Waals surface area contributed by atoms with Gasteiger partial charge in [-0.15, -0.1) is 0 Å². The molecular formula is C12H17N3O2S. The maximum Gasteiger partial charge on any atom is 0.243 e. The number of nitrogens with zero attached hydrogens (tertiary/aromatic N) is 2. The van der Waals surface area contributed by atoms with E-state index in [1.54, 1.807) is 6.07 Å². The van der Waals surface area contributed by atoms with Gasteiger partial charge in [-0.1, -0.05) is 26.7 Å². The van der Waals surface area contributed by atoms with Crippen LogP contribution in [0.15, 0.2) is 23.2 Å². The third-order valence-corrected chi connectivity index (χ3v) is 4.34. The minimum Gasteiger partial charge on any atom is -0.244 e. The number of hydrogen-bond acceptors (Lipinski definition) is 4. The van der Waals surface area contributed by atoms with Crippen LogP contribution in [0.25, 0.3) is 0 Å². The number of sulfonamides is 1. The summed E-state index contributed by atoms with van der Waals surface area (Å²) in [6, 6.07) is 4.68. The molecular weight excluding hydrogens is 250 g/mol. The van der Waals surface area contributed by atoms with Crippen LogP contribution < -0.4 is 4.72 Å². The molecule has 0 saturated heterocycles. The van der Waals surface area contributed by atoms with E-state index in [0.29, 0.717) is 12.5 Å². The molecule has 0 aliphatic rings. The van der Waals surface area contributed by atoms with Crippen molar-refractivity contribution in [1.29, 1.82) is 5.26 Å². The van der Waals surface area contributed by atoms with Crippen molar-refractivity contribution in [3.63, 3.8) is 0 Å². The molecule has 0 unspecified atom stereocenters. The van der Waals surface area contributed by atoms with Crippen molar-refractivity contribution in [2.24, 2.45) is 5.92 Å². The first-order valence-electron chi connectivity index (χ1n) is 5.89. The molecule has 1 aromatic heterocycles. The van der Waals surface area contributed by atoms with Crippen molar-refractivity contribution >= 4 is 10.0 Å². The summed E-state index contributed by atoms with van der Waals surface area (Å²) in [5.41, 5.74) is -0.0745.